The van der Waals surface area contributed by atoms with Gasteiger partial charge in [-0.3, -0.25) is 0 Å². The normalized spacial score (nSPS) is 10.8. The lowest BCUT2D eigenvalue weighted by molar-refractivity contribution is 0.447. The first-order valence-corrected chi connectivity index (χ1v) is 3.52. The maximum atomic E-state index is 9.41. The van der Waals surface area contributed by atoms with Gasteiger partial charge in [0, 0.05) is 6.07 Å². The molecule has 3 heteroatoms. The average Bonchev–Trinajstić information content (AvgIpc) is 2.29. The first-order valence-electron chi connectivity index (χ1n) is 3.52. The number of aromatic hydroxyl groups is 2. The molecule has 3 nitrogen and oxygen atoms in total. The monoisotopic (exact) mass is 163 g/mol. The number of rotatable bonds is 0. The topological polar surface area (TPSA) is 53.6 Å². The predicted octanol–water partition coefficient (Wildman–Crippen LogP) is 1.95. The molecule has 2 N–H and O–H groups in total. The Labute approximate surface area is 68.9 Å². The van der Waals surface area contributed by atoms with Crippen LogP contribution < -0.4 is 0 Å². The molecule has 0 aliphatic heterocycles. The molecule has 61 valence electrons. The number of hydrogen-bond donors (Lipinski definition) is 2. The van der Waals surface area contributed by atoms with Gasteiger partial charge in [-0.05, 0) is 19.1 Å². The van der Waals surface area contributed by atoms with E-state index in [2.05, 4.69) is 6.07 Å². The van der Waals surface area contributed by atoms with Crippen LogP contribution in [0.5, 0.6) is 11.5 Å². The summed E-state index contributed by atoms with van der Waals surface area (Å²) in [5.74, 6) is 0.307. The van der Waals surface area contributed by atoms with Crippen LogP contribution in [0.15, 0.2) is 16.5 Å². The van der Waals surface area contributed by atoms with E-state index in [1.807, 2.05) is 0 Å². The molecule has 0 fully saturated rings. The first-order chi connectivity index (χ1) is 5.70. The Balaban J connectivity index is 2.97. The Morgan fingerprint density at radius 1 is 1.42 bits per heavy atom. The summed E-state index contributed by atoms with van der Waals surface area (Å²) in [6.07, 6.45) is 0. The quantitative estimate of drug-likeness (QED) is 0.624. The zero-order chi connectivity index (χ0) is 8.72. The molecule has 1 aromatic heterocycles. The molecule has 1 radical (unpaired) electrons. The highest BCUT2D eigenvalue weighted by molar-refractivity contribution is 5.90. The molecule has 0 aliphatic rings. The van der Waals surface area contributed by atoms with Crippen LogP contribution in [0.1, 0.15) is 5.76 Å². The van der Waals surface area contributed by atoms with Crippen molar-refractivity contribution >= 4 is 11.0 Å². The zero-order valence-electron chi connectivity index (χ0n) is 6.46. The third-order valence-corrected chi connectivity index (χ3v) is 1.77. The summed E-state index contributed by atoms with van der Waals surface area (Å²) in [5, 5.41) is 19.0. The standard InChI is InChI=1S/C9H7O3/c1-5-9(11)8-6(10)3-2-4-7(8)12-5/h2,4,10-11H,1H3. The molecular weight excluding hydrogens is 156 g/mol. The van der Waals surface area contributed by atoms with Crippen molar-refractivity contribution in [1.29, 1.82) is 0 Å². The molecule has 0 saturated heterocycles. The van der Waals surface area contributed by atoms with Crippen LogP contribution in [0.25, 0.3) is 11.0 Å². The van der Waals surface area contributed by atoms with Crippen LogP contribution in [0.4, 0.5) is 0 Å². The van der Waals surface area contributed by atoms with Crippen molar-refractivity contribution in [3.63, 3.8) is 0 Å². The lowest BCUT2D eigenvalue weighted by Gasteiger charge is -1.91. The van der Waals surface area contributed by atoms with E-state index in [1.54, 1.807) is 19.1 Å². The highest BCUT2D eigenvalue weighted by Gasteiger charge is 2.12. The minimum atomic E-state index is -0.0816. The Bertz CT molecular complexity index is 429. The van der Waals surface area contributed by atoms with E-state index in [1.165, 1.54) is 0 Å². The van der Waals surface area contributed by atoms with Gasteiger partial charge in [0.2, 0.25) is 0 Å². The summed E-state index contributed by atoms with van der Waals surface area (Å²) in [7, 11) is 0. The molecule has 2 rings (SSSR count). The summed E-state index contributed by atoms with van der Waals surface area (Å²) in [5.41, 5.74) is 0.473. The smallest absolute Gasteiger partial charge is 0.168 e. The van der Waals surface area contributed by atoms with Crippen LogP contribution in [-0.4, -0.2) is 10.2 Å². The van der Waals surface area contributed by atoms with E-state index in [9.17, 15) is 10.2 Å². The van der Waals surface area contributed by atoms with Crippen molar-refractivity contribution in [2.24, 2.45) is 0 Å². The maximum absolute atomic E-state index is 9.41. The number of fused-ring (bicyclic) bond motifs is 1. The van der Waals surface area contributed by atoms with Crippen molar-refractivity contribution < 1.29 is 14.6 Å². The Morgan fingerprint density at radius 3 is 2.83 bits per heavy atom. The number of furan rings is 1. The van der Waals surface area contributed by atoms with Gasteiger partial charge in [0.15, 0.2) is 5.75 Å². The van der Waals surface area contributed by atoms with Gasteiger partial charge in [0.05, 0.1) is 0 Å². The number of benzene rings is 1. The van der Waals surface area contributed by atoms with Crippen molar-refractivity contribution in [2.45, 2.75) is 6.92 Å². The van der Waals surface area contributed by atoms with Crippen LogP contribution in [0.3, 0.4) is 0 Å². The van der Waals surface area contributed by atoms with Gasteiger partial charge in [-0.1, -0.05) is 0 Å². The first kappa shape index (κ1) is 7.03. The second-order valence-corrected chi connectivity index (χ2v) is 2.57. The fraction of sp³-hybridized carbons (Fsp3) is 0.111. The van der Waals surface area contributed by atoms with Crippen LogP contribution >= 0.6 is 0 Å². The van der Waals surface area contributed by atoms with Crippen molar-refractivity contribution in [3.05, 3.63) is 24.0 Å². The van der Waals surface area contributed by atoms with E-state index >= 15 is 0 Å². The lowest BCUT2D eigenvalue weighted by Crippen LogP contribution is -1.67. The Hall–Kier alpha value is -1.64. The van der Waals surface area contributed by atoms with Gasteiger partial charge < -0.3 is 14.6 Å². The van der Waals surface area contributed by atoms with Gasteiger partial charge in [-0.2, -0.15) is 0 Å². The van der Waals surface area contributed by atoms with Gasteiger partial charge in [-0.25, -0.2) is 0 Å². The van der Waals surface area contributed by atoms with Gasteiger partial charge in [-0.15, -0.1) is 0 Å². The van der Waals surface area contributed by atoms with E-state index in [0.717, 1.165) is 0 Å². The van der Waals surface area contributed by atoms with E-state index in [0.29, 0.717) is 16.7 Å². The fourth-order valence-corrected chi connectivity index (χ4v) is 1.17. The molecule has 1 aromatic carbocycles. The maximum Gasteiger partial charge on any atom is 0.168 e. The average molecular weight is 163 g/mol. The summed E-state index contributed by atoms with van der Waals surface area (Å²) in [6.45, 7) is 1.63. The van der Waals surface area contributed by atoms with Gasteiger partial charge in [0.1, 0.15) is 22.5 Å². The molecule has 0 amide bonds. The molecule has 0 aliphatic carbocycles. The molecule has 0 saturated carbocycles. The summed E-state index contributed by atoms with van der Waals surface area (Å²) in [4.78, 5) is 0. The lowest BCUT2D eigenvalue weighted by atomic mass is 10.2. The number of phenols is 1. The second-order valence-electron chi connectivity index (χ2n) is 2.57. The Kier molecular flexibility index (Phi) is 1.27. The molecule has 2 aromatic rings. The molecule has 12 heavy (non-hydrogen) atoms. The molecule has 1 heterocycles. The minimum Gasteiger partial charge on any atom is -0.506 e. The zero-order valence-corrected chi connectivity index (χ0v) is 6.46. The summed E-state index contributed by atoms with van der Waals surface area (Å²) < 4.78 is 5.15. The largest absolute Gasteiger partial charge is 0.506 e. The van der Waals surface area contributed by atoms with Crippen LogP contribution in [0.2, 0.25) is 0 Å². The third-order valence-electron chi connectivity index (χ3n) is 1.77. The van der Waals surface area contributed by atoms with Crippen molar-refractivity contribution in [3.8, 4) is 11.5 Å². The summed E-state index contributed by atoms with van der Waals surface area (Å²) >= 11 is 0. The molecule has 0 atom stereocenters. The molecule has 0 spiro atoms. The van der Waals surface area contributed by atoms with Crippen LogP contribution in [-0.2, 0) is 0 Å². The number of hydrogen-bond acceptors (Lipinski definition) is 3. The van der Waals surface area contributed by atoms with Gasteiger partial charge >= 0.3 is 0 Å². The molecule has 0 unspecified atom stereocenters. The number of aryl methyl sites for hydroxylation is 1. The van der Waals surface area contributed by atoms with E-state index in [4.69, 9.17) is 4.42 Å². The van der Waals surface area contributed by atoms with Crippen molar-refractivity contribution in [2.75, 3.05) is 0 Å². The molecular formula is C9H7O3. The fourth-order valence-electron chi connectivity index (χ4n) is 1.17. The predicted molar refractivity (Wildman–Crippen MR) is 43.1 cm³/mol. The van der Waals surface area contributed by atoms with Crippen LogP contribution in [0, 0.1) is 13.0 Å². The van der Waals surface area contributed by atoms with Gasteiger partial charge in [0.25, 0.3) is 0 Å². The third kappa shape index (κ3) is 0.763. The SMILES string of the molecule is Cc1oc2cc[c]c(O)c2c1O. The molecule has 0 bridgehead atoms. The highest BCUT2D eigenvalue weighted by Crippen LogP contribution is 2.36. The number of phenolic OH excluding ortho intramolecular Hbond substituents is 1. The van der Waals surface area contributed by atoms with E-state index < -0.39 is 0 Å². The Morgan fingerprint density at radius 2 is 2.17 bits per heavy atom. The second kappa shape index (κ2) is 2.17. The highest BCUT2D eigenvalue weighted by atomic mass is 16.4. The van der Waals surface area contributed by atoms with Crippen molar-refractivity contribution in [1.82, 2.24) is 0 Å². The minimum absolute atomic E-state index is 0.0145. The summed E-state index contributed by atoms with van der Waals surface area (Å²) in [6, 6.07) is 5.75. The van der Waals surface area contributed by atoms with E-state index in [-0.39, 0.29) is 11.5 Å².